The zero-order chi connectivity index (χ0) is 13.8. The van der Waals surface area contributed by atoms with Gasteiger partial charge in [0.1, 0.15) is 5.54 Å². The van der Waals surface area contributed by atoms with Gasteiger partial charge in [-0.05, 0) is 58.2 Å². The van der Waals surface area contributed by atoms with Crippen LogP contribution in [0.5, 0.6) is 0 Å². The second-order valence-electron chi connectivity index (χ2n) is 6.97. The van der Waals surface area contributed by atoms with E-state index in [-0.39, 0.29) is 5.54 Å². The Hall–Kier alpha value is -0.590. The van der Waals surface area contributed by atoms with Crippen molar-refractivity contribution in [1.82, 2.24) is 10.2 Å². The molecule has 1 rings (SSSR count). The van der Waals surface area contributed by atoms with Gasteiger partial charge in [0.05, 0.1) is 6.07 Å². The van der Waals surface area contributed by atoms with E-state index in [1.54, 1.807) is 0 Å². The van der Waals surface area contributed by atoms with E-state index in [4.69, 9.17) is 0 Å². The van der Waals surface area contributed by atoms with Crippen LogP contribution in [0.3, 0.4) is 0 Å². The summed E-state index contributed by atoms with van der Waals surface area (Å²) in [6, 6.07) is 3.11. The molecule has 1 N–H and O–H groups in total. The fraction of sp³-hybridized carbons (Fsp3) is 0.933. The van der Waals surface area contributed by atoms with Gasteiger partial charge in [0.15, 0.2) is 0 Å². The minimum atomic E-state index is -0.263. The van der Waals surface area contributed by atoms with E-state index in [0.29, 0.717) is 11.5 Å². The highest BCUT2D eigenvalue weighted by atomic mass is 15.1. The van der Waals surface area contributed by atoms with Gasteiger partial charge in [-0.1, -0.05) is 20.8 Å². The van der Waals surface area contributed by atoms with Gasteiger partial charge in [-0.3, -0.25) is 0 Å². The fourth-order valence-electron chi connectivity index (χ4n) is 2.65. The minimum Gasteiger partial charge on any atom is -0.303 e. The number of rotatable bonds is 4. The van der Waals surface area contributed by atoms with Gasteiger partial charge in [-0.25, -0.2) is 0 Å². The Bertz CT molecular complexity index is 290. The van der Waals surface area contributed by atoms with Crippen LogP contribution in [0.15, 0.2) is 0 Å². The lowest BCUT2D eigenvalue weighted by atomic mass is 9.80. The van der Waals surface area contributed by atoms with Crippen molar-refractivity contribution in [3.63, 3.8) is 0 Å². The maximum atomic E-state index is 9.25. The molecule has 0 unspecified atom stereocenters. The number of hydrogen-bond donors (Lipinski definition) is 1. The zero-order valence-electron chi connectivity index (χ0n) is 12.7. The highest BCUT2D eigenvalue weighted by Gasteiger charge is 2.35. The predicted molar refractivity (Wildman–Crippen MR) is 76.4 cm³/mol. The Morgan fingerprint density at radius 2 is 1.89 bits per heavy atom. The lowest BCUT2D eigenvalue weighted by Gasteiger charge is -2.39. The first-order valence-corrected chi connectivity index (χ1v) is 7.12. The Balaban J connectivity index is 2.41. The summed E-state index contributed by atoms with van der Waals surface area (Å²) in [6.45, 7) is 8.05. The normalized spacial score (nSPS) is 29.3. The Morgan fingerprint density at radius 1 is 1.33 bits per heavy atom. The van der Waals surface area contributed by atoms with Gasteiger partial charge in [-0.2, -0.15) is 5.26 Å². The number of nitrogens with one attached hydrogen (secondary N) is 1. The van der Waals surface area contributed by atoms with Gasteiger partial charge in [0.2, 0.25) is 0 Å². The summed E-state index contributed by atoms with van der Waals surface area (Å²) in [7, 11) is 4.14. The number of nitriles is 1. The van der Waals surface area contributed by atoms with E-state index in [1.165, 1.54) is 6.42 Å². The van der Waals surface area contributed by atoms with Gasteiger partial charge in [0.25, 0.3) is 0 Å². The number of nitrogens with zero attached hydrogens (tertiary/aromatic N) is 2. The lowest BCUT2D eigenvalue weighted by Crippen LogP contribution is -2.48. The van der Waals surface area contributed by atoms with Crippen molar-refractivity contribution in [2.75, 3.05) is 20.6 Å². The highest BCUT2D eigenvalue weighted by Crippen LogP contribution is 2.30. The third kappa shape index (κ3) is 4.26. The molecule has 0 bridgehead atoms. The van der Waals surface area contributed by atoms with Crippen LogP contribution in [0, 0.1) is 16.7 Å². The summed E-state index contributed by atoms with van der Waals surface area (Å²) < 4.78 is 0. The van der Waals surface area contributed by atoms with E-state index in [1.807, 2.05) is 7.05 Å². The molecular formula is C15H29N3. The second kappa shape index (κ2) is 6.04. The standard InChI is InChI=1S/C15H29N3/c1-14(2,3)10-11-18(5)13-6-8-15(12-16,17-4)9-7-13/h13,17H,6-11H2,1-5H3. The fourth-order valence-corrected chi connectivity index (χ4v) is 2.65. The molecule has 1 aliphatic carbocycles. The van der Waals surface area contributed by atoms with E-state index in [9.17, 15) is 5.26 Å². The molecule has 0 aliphatic heterocycles. The molecule has 0 amide bonds. The molecule has 0 aromatic carbocycles. The maximum absolute atomic E-state index is 9.25. The molecule has 0 aromatic heterocycles. The van der Waals surface area contributed by atoms with Gasteiger partial charge in [0, 0.05) is 6.04 Å². The molecule has 0 radical (unpaired) electrons. The molecule has 18 heavy (non-hydrogen) atoms. The van der Waals surface area contributed by atoms with E-state index < -0.39 is 0 Å². The largest absolute Gasteiger partial charge is 0.303 e. The van der Waals surface area contributed by atoms with Crippen LogP contribution in [0.2, 0.25) is 0 Å². The van der Waals surface area contributed by atoms with E-state index in [0.717, 1.165) is 32.2 Å². The van der Waals surface area contributed by atoms with Crippen LogP contribution in [0.25, 0.3) is 0 Å². The average Bonchev–Trinajstić information content (AvgIpc) is 2.35. The molecule has 3 nitrogen and oxygen atoms in total. The van der Waals surface area contributed by atoms with Crippen LogP contribution in [0.1, 0.15) is 52.9 Å². The molecule has 3 heteroatoms. The van der Waals surface area contributed by atoms with Crippen molar-refractivity contribution in [2.24, 2.45) is 5.41 Å². The van der Waals surface area contributed by atoms with Crippen LogP contribution in [-0.2, 0) is 0 Å². The third-order valence-electron chi connectivity index (χ3n) is 4.34. The zero-order valence-corrected chi connectivity index (χ0v) is 12.7. The smallest absolute Gasteiger partial charge is 0.106 e. The first-order chi connectivity index (χ1) is 8.32. The second-order valence-corrected chi connectivity index (χ2v) is 6.97. The van der Waals surface area contributed by atoms with Crippen molar-refractivity contribution in [3.8, 4) is 6.07 Å². The average molecular weight is 251 g/mol. The third-order valence-corrected chi connectivity index (χ3v) is 4.34. The van der Waals surface area contributed by atoms with Crippen LogP contribution in [-0.4, -0.2) is 37.1 Å². The topological polar surface area (TPSA) is 39.1 Å². The van der Waals surface area contributed by atoms with Crippen molar-refractivity contribution >= 4 is 0 Å². The molecule has 1 aliphatic rings. The van der Waals surface area contributed by atoms with Gasteiger partial charge in [-0.15, -0.1) is 0 Å². The SMILES string of the molecule is CNC1(C#N)CCC(N(C)CCC(C)(C)C)CC1. The molecule has 0 heterocycles. The quantitative estimate of drug-likeness (QED) is 0.835. The summed E-state index contributed by atoms with van der Waals surface area (Å²) in [6.07, 6.45) is 5.45. The summed E-state index contributed by atoms with van der Waals surface area (Å²) in [4.78, 5) is 2.49. The molecule has 1 saturated carbocycles. The van der Waals surface area contributed by atoms with Crippen molar-refractivity contribution in [1.29, 1.82) is 5.26 Å². The summed E-state index contributed by atoms with van der Waals surface area (Å²) in [5.74, 6) is 0. The van der Waals surface area contributed by atoms with Crippen LogP contribution >= 0.6 is 0 Å². The highest BCUT2D eigenvalue weighted by molar-refractivity contribution is 5.09. The molecule has 0 saturated heterocycles. The Labute approximate surface area is 113 Å². The molecule has 0 aromatic rings. The minimum absolute atomic E-state index is 0.263. The summed E-state index contributed by atoms with van der Waals surface area (Å²) in [5, 5.41) is 12.5. The molecule has 1 fully saturated rings. The summed E-state index contributed by atoms with van der Waals surface area (Å²) in [5.41, 5.74) is 0.145. The van der Waals surface area contributed by atoms with E-state index >= 15 is 0 Å². The van der Waals surface area contributed by atoms with Crippen molar-refractivity contribution < 1.29 is 0 Å². The Kier molecular flexibility index (Phi) is 5.19. The van der Waals surface area contributed by atoms with Crippen molar-refractivity contribution in [3.05, 3.63) is 0 Å². The predicted octanol–water partition coefficient (Wildman–Crippen LogP) is 2.78. The first-order valence-electron chi connectivity index (χ1n) is 7.12. The van der Waals surface area contributed by atoms with Crippen LogP contribution in [0.4, 0.5) is 0 Å². The maximum Gasteiger partial charge on any atom is 0.106 e. The molecular weight excluding hydrogens is 222 g/mol. The monoisotopic (exact) mass is 251 g/mol. The van der Waals surface area contributed by atoms with Gasteiger partial charge < -0.3 is 10.2 Å². The Morgan fingerprint density at radius 3 is 2.28 bits per heavy atom. The molecule has 104 valence electrons. The van der Waals surface area contributed by atoms with Crippen LogP contribution < -0.4 is 5.32 Å². The molecule has 0 atom stereocenters. The summed E-state index contributed by atoms with van der Waals surface area (Å²) >= 11 is 0. The van der Waals surface area contributed by atoms with Gasteiger partial charge >= 0.3 is 0 Å². The van der Waals surface area contributed by atoms with E-state index in [2.05, 4.69) is 44.1 Å². The van der Waals surface area contributed by atoms with Crippen molar-refractivity contribution in [2.45, 2.75) is 64.5 Å². The lowest BCUT2D eigenvalue weighted by molar-refractivity contribution is 0.142. The molecule has 0 spiro atoms. The first kappa shape index (κ1) is 15.5. The number of hydrogen-bond acceptors (Lipinski definition) is 3.